The van der Waals surface area contributed by atoms with E-state index in [9.17, 15) is 0 Å². The Morgan fingerprint density at radius 3 is 2.57 bits per heavy atom. The lowest BCUT2D eigenvalue weighted by Crippen LogP contribution is -2.26. The van der Waals surface area contributed by atoms with Crippen molar-refractivity contribution in [2.24, 2.45) is 5.41 Å². The lowest BCUT2D eigenvalue weighted by atomic mass is 9.82. The zero-order valence-corrected chi connectivity index (χ0v) is 15.1. The molecule has 0 aromatic carbocycles. The van der Waals surface area contributed by atoms with Crippen LogP contribution in [-0.2, 0) is 6.54 Å². The monoisotopic (exact) mass is 309 g/mol. The minimum absolute atomic E-state index is 0.519. The number of nitrogens with one attached hydrogen (secondary N) is 1. The standard InChI is InChI=1S/C17H31N3S/c1-6-13(4)15-14(11-18-5)21-16(19-15)20-10-9-17(7-2,8-3)12-20/h13,18H,6-12H2,1-5H3. The first-order valence-corrected chi connectivity index (χ1v) is 9.29. The van der Waals surface area contributed by atoms with E-state index in [1.165, 1.54) is 48.1 Å². The average molecular weight is 310 g/mol. The highest BCUT2D eigenvalue weighted by molar-refractivity contribution is 7.15. The second kappa shape index (κ2) is 7.10. The van der Waals surface area contributed by atoms with Crippen molar-refractivity contribution >= 4 is 16.5 Å². The summed E-state index contributed by atoms with van der Waals surface area (Å²) >= 11 is 1.90. The molecule has 0 aliphatic carbocycles. The van der Waals surface area contributed by atoms with Crippen LogP contribution in [0.25, 0.3) is 0 Å². The zero-order valence-electron chi connectivity index (χ0n) is 14.3. The number of anilines is 1. The Kier molecular flexibility index (Phi) is 5.67. The van der Waals surface area contributed by atoms with Crippen LogP contribution in [0.5, 0.6) is 0 Å². The summed E-state index contributed by atoms with van der Waals surface area (Å²) in [6.45, 7) is 12.5. The maximum absolute atomic E-state index is 5.02. The smallest absolute Gasteiger partial charge is 0.185 e. The zero-order chi connectivity index (χ0) is 15.5. The molecule has 21 heavy (non-hydrogen) atoms. The normalized spacial score (nSPS) is 19.2. The summed E-state index contributed by atoms with van der Waals surface area (Å²) in [6.07, 6.45) is 5.05. The van der Waals surface area contributed by atoms with Crippen LogP contribution in [-0.4, -0.2) is 25.1 Å². The number of nitrogens with zero attached hydrogens (tertiary/aromatic N) is 2. The van der Waals surface area contributed by atoms with Gasteiger partial charge in [-0.25, -0.2) is 4.98 Å². The lowest BCUT2D eigenvalue weighted by molar-refractivity contribution is 0.301. The minimum atomic E-state index is 0.519. The van der Waals surface area contributed by atoms with Gasteiger partial charge in [0.15, 0.2) is 5.13 Å². The van der Waals surface area contributed by atoms with E-state index >= 15 is 0 Å². The fourth-order valence-corrected chi connectivity index (χ4v) is 4.49. The van der Waals surface area contributed by atoms with Crippen LogP contribution in [0.3, 0.4) is 0 Å². The summed E-state index contributed by atoms with van der Waals surface area (Å²) in [4.78, 5) is 8.97. The second-order valence-electron chi connectivity index (χ2n) is 6.52. The molecule has 2 heterocycles. The fraction of sp³-hybridized carbons (Fsp3) is 0.824. The van der Waals surface area contributed by atoms with E-state index in [4.69, 9.17) is 4.98 Å². The summed E-state index contributed by atoms with van der Waals surface area (Å²) in [5, 5.41) is 4.55. The Labute approximate surface area is 134 Å². The minimum Gasteiger partial charge on any atom is -0.348 e. The molecule has 1 N–H and O–H groups in total. The molecule has 3 nitrogen and oxygen atoms in total. The van der Waals surface area contributed by atoms with E-state index in [-0.39, 0.29) is 0 Å². The van der Waals surface area contributed by atoms with Gasteiger partial charge in [0.25, 0.3) is 0 Å². The van der Waals surface area contributed by atoms with E-state index in [0.29, 0.717) is 11.3 Å². The van der Waals surface area contributed by atoms with Crippen molar-refractivity contribution in [1.82, 2.24) is 10.3 Å². The molecule has 1 aliphatic heterocycles. The molecule has 1 fully saturated rings. The van der Waals surface area contributed by atoms with Crippen molar-refractivity contribution < 1.29 is 0 Å². The second-order valence-corrected chi connectivity index (χ2v) is 7.59. The van der Waals surface area contributed by atoms with Gasteiger partial charge in [0, 0.05) is 24.5 Å². The van der Waals surface area contributed by atoms with Crippen LogP contribution < -0.4 is 10.2 Å². The molecular formula is C17H31N3S. The van der Waals surface area contributed by atoms with Crippen LogP contribution in [0.4, 0.5) is 5.13 Å². The Morgan fingerprint density at radius 2 is 2.05 bits per heavy atom. The molecule has 1 aliphatic rings. The quantitative estimate of drug-likeness (QED) is 0.809. The van der Waals surface area contributed by atoms with E-state index in [1.54, 1.807) is 0 Å². The van der Waals surface area contributed by atoms with E-state index in [2.05, 4.69) is 37.9 Å². The highest BCUT2D eigenvalue weighted by atomic mass is 32.1. The molecule has 2 rings (SSSR count). The van der Waals surface area contributed by atoms with Crippen molar-refractivity contribution in [2.75, 3.05) is 25.0 Å². The van der Waals surface area contributed by atoms with Crippen LogP contribution in [0.15, 0.2) is 0 Å². The Hall–Kier alpha value is -0.610. The number of hydrogen-bond donors (Lipinski definition) is 1. The van der Waals surface area contributed by atoms with Gasteiger partial charge in [-0.05, 0) is 44.1 Å². The Balaban J connectivity index is 2.21. The molecule has 1 unspecified atom stereocenters. The van der Waals surface area contributed by atoms with Gasteiger partial charge in [-0.15, -0.1) is 11.3 Å². The number of hydrogen-bond acceptors (Lipinski definition) is 4. The molecule has 4 heteroatoms. The maximum Gasteiger partial charge on any atom is 0.185 e. The van der Waals surface area contributed by atoms with Gasteiger partial charge >= 0.3 is 0 Å². The molecule has 1 aromatic rings. The van der Waals surface area contributed by atoms with Gasteiger partial charge < -0.3 is 10.2 Å². The largest absolute Gasteiger partial charge is 0.348 e. The molecule has 0 spiro atoms. The first-order chi connectivity index (χ1) is 10.1. The van der Waals surface area contributed by atoms with Gasteiger partial charge in [-0.3, -0.25) is 0 Å². The first kappa shape index (κ1) is 16.8. The van der Waals surface area contributed by atoms with Crippen LogP contribution in [0.1, 0.15) is 69.9 Å². The van der Waals surface area contributed by atoms with Gasteiger partial charge in [0.05, 0.1) is 5.69 Å². The van der Waals surface area contributed by atoms with Crippen molar-refractivity contribution in [3.05, 3.63) is 10.6 Å². The third kappa shape index (κ3) is 3.42. The summed E-state index contributed by atoms with van der Waals surface area (Å²) in [5.41, 5.74) is 1.84. The molecular weight excluding hydrogens is 278 g/mol. The SMILES string of the molecule is CCC(C)c1nc(N2CCC(CC)(CC)C2)sc1CNC. The van der Waals surface area contributed by atoms with Gasteiger partial charge in [0.1, 0.15) is 0 Å². The predicted molar refractivity (Wildman–Crippen MR) is 93.4 cm³/mol. The molecule has 1 saturated heterocycles. The van der Waals surface area contributed by atoms with E-state index < -0.39 is 0 Å². The molecule has 0 radical (unpaired) electrons. The van der Waals surface area contributed by atoms with Crippen LogP contribution in [0, 0.1) is 5.41 Å². The summed E-state index contributed by atoms with van der Waals surface area (Å²) in [7, 11) is 2.02. The highest BCUT2D eigenvalue weighted by Crippen LogP contribution is 2.41. The molecule has 1 atom stereocenters. The third-order valence-corrected chi connectivity index (χ3v) is 6.47. The third-order valence-electron chi connectivity index (χ3n) is 5.34. The number of thiazole rings is 1. The van der Waals surface area contributed by atoms with Crippen molar-refractivity contribution in [2.45, 2.75) is 65.8 Å². The number of aromatic nitrogens is 1. The Bertz CT molecular complexity index is 451. The van der Waals surface area contributed by atoms with Gasteiger partial charge in [-0.1, -0.05) is 27.7 Å². The predicted octanol–water partition coefficient (Wildman–Crippen LogP) is 4.39. The van der Waals surface area contributed by atoms with Gasteiger partial charge in [-0.2, -0.15) is 0 Å². The molecule has 0 amide bonds. The summed E-state index contributed by atoms with van der Waals surface area (Å²) in [6, 6.07) is 0. The maximum atomic E-state index is 5.02. The van der Waals surface area contributed by atoms with E-state index in [1.807, 2.05) is 18.4 Å². The van der Waals surface area contributed by atoms with Crippen molar-refractivity contribution in [1.29, 1.82) is 0 Å². The van der Waals surface area contributed by atoms with Crippen LogP contribution in [0.2, 0.25) is 0 Å². The summed E-state index contributed by atoms with van der Waals surface area (Å²) in [5.74, 6) is 0.558. The van der Waals surface area contributed by atoms with Crippen molar-refractivity contribution in [3.63, 3.8) is 0 Å². The van der Waals surface area contributed by atoms with E-state index in [0.717, 1.165) is 13.0 Å². The highest BCUT2D eigenvalue weighted by Gasteiger charge is 2.36. The topological polar surface area (TPSA) is 28.2 Å². The molecule has 1 aromatic heterocycles. The lowest BCUT2D eigenvalue weighted by Gasteiger charge is -2.26. The Morgan fingerprint density at radius 1 is 1.33 bits per heavy atom. The average Bonchev–Trinajstić information content (AvgIpc) is 3.11. The van der Waals surface area contributed by atoms with Crippen molar-refractivity contribution in [3.8, 4) is 0 Å². The van der Waals surface area contributed by atoms with Crippen LogP contribution >= 0.6 is 11.3 Å². The molecule has 0 saturated carbocycles. The number of rotatable bonds is 7. The molecule has 0 bridgehead atoms. The first-order valence-electron chi connectivity index (χ1n) is 8.48. The molecule has 120 valence electrons. The summed E-state index contributed by atoms with van der Waals surface area (Å²) < 4.78 is 0. The van der Waals surface area contributed by atoms with Gasteiger partial charge in [0.2, 0.25) is 0 Å². The fourth-order valence-electron chi connectivity index (χ4n) is 3.28.